The predicted molar refractivity (Wildman–Crippen MR) is 81.9 cm³/mol. The summed E-state index contributed by atoms with van der Waals surface area (Å²) >= 11 is 0. The highest BCUT2D eigenvalue weighted by Crippen LogP contribution is 2.25. The van der Waals surface area contributed by atoms with Gasteiger partial charge in [0.05, 0.1) is 0 Å². The minimum Gasteiger partial charge on any atom is -0.309 e. The fraction of sp³-hybridized carbons (Fsp3) is 0.588. The van der Waals surface area contributed by atoms with Crippen LogP contribution in [-0.2, 0) is 5.41 Å². The van der Waals surface area contributed by atoms with Crippen molar-refractivity contribution in [2.75, 3.05) is 20.6 Å². The normalized spacial score (nSPS) is 13.7. The molecule has 1 aromatic rings. The topological polar surface area (TPSA) is 20.3 Å². The van der Waals surface area contributed by atoms with E-state index < -0.39 is 0 Å². The van der Waals surface area contributed by atoms with Crippen molar-refractivity contribution in [1.29, 1.82) is 0 Å². The van der Waals surface area contributed by atoms with Gasteiger partial charge in [-0.2, -0.15) is 0 Å². The molecule has 1 atom stereocenters. The molecule has 0 spiro atoms. The zero-order valence-corrected chi connectivity index (χ0v) is 13.4. The number of aryl methyl sites for hydroxylation is 1. The number of ketones is 1. The highest BCUT2D eigenvalue weighted by molar-refractivity contribution is 5.99. The van der Waals surface area contributed by atoms with Crippen LogP contribution < -0.4 is 0 Å². The molecule has 0 radical (unpaired) electrons. The van der Waals surface area contributed by atoms with Crippen LogP contribution in [0.15, 0.2) is 18.2 Å². The van der Waals surface area contributed by atoms with Gasteiger partial charge in [0.1, 0.15) is 0 Å². The number of nitrogens with zero attached hydrogens (tertiary/aromatic N) is 1. The number of carbonyl (C=O) groups excluding carboxylic acids is 1. The van der Waals surface area contributed by atoms with Gasteiger partial charge in [-0.25, -0.2) is 0 Å². The number of hydrogen-bond acceptors (Lipinski definition) is 2. The second kappa shape index (κ2) is 5.87. The molecule has 1 unspecified atom stereocenters. The SMILES string of the molecule is Cc1ccc(C(C)(C)C)cc1C(=O)C(C)CN(C)C. The molecule has 0 N–H and O–H groups in total. The fourth-order valence-corrected chi connectivity index (χ4v) is 2.25. The third-order valence-electron chi connectivity index (χ3n) is 3.46. The standard InChI is InChI=1S/C17H27NO/c1-12-8-9-14(17(3,4)5)10-15(12)16(19)13(2)11-18(6)7/h8-10,13H,11H2,1-7H3. The van der Waals surface area contributed by atoms with Crippen molar-refractivity contribution in [3.05, 3.63) is 34.9 Å². The second-order valence-corrected chi connectivity index (χ2v) is 6.81. The molecule has 0 bridgehead atoms. The first kappa shape index (κ1) is 15.9. The van der Waals surface area contributed by atoms with Crippen molar-refractivity contribution < 1.29 is 4.79 Å². The second-order valence-electron chi connectivity index (χ2n) is 6.81. The summed E-state index contributed by atoms with van der Waals surface area (Å²) in [5.74, 6) is 0.279. The van der Waals surface area contributed by atoms with E-state index >= 15 is 0 Å². The summed E-state index contributed by atoms with van der Waals surface area (Å²) in [5.41, 5.74) is 3.25. The molecule has 0 aromatic heterocycles. The summed E-state index contributed by atoms with van der Waals surface area (Å²) in [7, 11) is 4.00. The van der Waals surface area contributed by atoms with E-state index in [1.54, 1.807) is 0 Å². The molecule has 0 fully saturated rings. The molecule has 0 heterocycles. The van der Waals surface area contributed by atoms with Gasteiger partial charge >= 0.3 is 0 Å². The third kappa shape index (κ3) is 4.17. The Bertz CT molecular complexity index is 455. The van der Waals surface area contributed by atoms with E-state index in [1.165, 1.54) is 5.56 Å². The van der Waals surface area contributed by atoms with Gasteiger partial charge in [0.25, 0.3) is 0 Å². The van der Waals surface area contributed by atoms with Gasteiger partial charge in [-0.15, -0.1) is 0 Å². The quantitative estimate of drug-likeness (QED) is 0.771. The highest BCUT2D eigenvalue weighted by Gasteiger charge is 2.21. The van der Waals surface area contributed by atoms with E-state index in [-0.39, 0.29) is 17.1 Å². The predicted octanol–water partition coefficient (Wildman–Crippen LogP) is 3.67. The molecule has 0 amide bonds. The minimum atomic E-state index is 0.0314. The van der Waals surface area contributed by atoms with Crippen molar-refractivity contribution in [1.82, 2.24) is 4.90 Å². The Morgan fingerprint density at radius 2 is 1.84 bits per heavy atom. The molecule has 2 nitrogen and oxygen atoms in total. The molecule has 1 aromatic carbocycles. The lowest BCUT2D eigenvalue weighted by atomic mass is 9.83. The molecule has 0 saturated heterocycles. The van der Waals surface area contributed by atoms with Crippen LogP contribution in [0.4, 0.5) is 0 Å². The van der Waals surface area contributed by atoms with Gasteiger partial charge in [-0.3, -0.25) is 4.79 Å². The van der Waals surface area contributed by atoms with Crippen LogP contribution in [0.1, 0.15) is 49.2 Å². The zero-order valence-electron chi connectivity index (χ0n) is 13.4. The summed E-state index contributed by atoms with van der Waals surface area (Å²) in [5, 5.41) is 0. The average molecular weight is 261 g/mol. The Labute approximate surface area is 117 Å². The van der Waals surface area contributed by atoms with Crippen LogP contribution in [-0.4, -0.2) is 31.3 Å². The monoisotopic (exact) mass is 261 g/mol. The smallest absolute Gasteiger partial charge is 0.167 e. The van der Waals surface area contributed by atoms with Crippen molar-refractivity contribution in [3.63, 3.8) is 0 Å². The highest BCUT2D eigenvalue weighted by atomic mass is 16.1. The maximum atomic E-state index is 12.6. The zero-order chi connectivity index (χ0) is 14.8. The van der Waals surface area contributed by atoms with Crippen LogP contribution >= 0.6 is 0 Å². The van der Waals surface area contributed by atoms with Crippen molar-refractivity contribution in [2.24, 2.45) is 5.92 Å². The summed E-state index contributed by atoms with van der Waals surface area (Å²) in [6, 6.07) is 6.27. The maximum absolute atomic E-state index is 12.6. The van der Waals surface area contributed by atoms with E-state index in [4.69, 9.17) is 0 Å². The van der Waals surface area contributed by atoms with E-state index in [1.807, 2.05) is 27.9 Å². The van der Waals surface area contributed by atoms with E-state index in [2.05, 4.69) is 43.9 Å². The molecule has 19 heavy (non-hydrogen) atoms. The average Bonchev–Trinajstić information content (AvgIpc) is 2.26. The van der Waals surface area contributed by atoms with Crippen LogP contribution in [0.2, 0.25) is 0 Å². The first-order valence-electron chi connectivity index (χ1n) is 6.93. The van der Waals surface area contributed by atoms with Gasteiger partial charge < -0.3 is 4.90 Å². The van der Waals surface area contributed by atoms with Crippen molar-refractivity contribution in [2.45, 2.75) is 40.0 Å². The molecule has 0 aliphatic carbocycles. The number of benzene rings is 1. The Kier molecular flexibility index (Phi) is 4.92. The van der Waals surface area contributed by atoms with E-state index in [9.17, 15) is 4.79 Å². The molecule has 0 saturated carbocycles. The van der Waals surface area contributed by atoms with Crippen LogP contribution in [0.3, 0.4) is 0 Å². The number of carbonyl (C=O) groups is 1. The number of Topliss-reactive ketones (excluding diaryl/α,β-unsaturated/α-hetero) is 1. The first-order valence-corrected chi connectivity index (χ1v) is 6.93. The minimum absolute atomic E-state index is 0.0314. The Hall–Kier alpha value is -1.15. The van der Waals surface area contributed by atoms with Gasteiger partial charge in [0, 0.05) is 18.0 Å². The third-order valence-corrected chi connectivity index (χ3v) is 3.46. The Morgan fingerprint density at radius 1 is 1.26 bits per heavy atom. The molecular weight excluding hydrogens is 234 g/mol. The lowest BCUT2D eigenvalue weighted by Crippen LogP contribution is -2.26. The first-order chi connectivity index (χ1) is 8.62. The van der Waals surface area contributed by atoms with Gasteiger partial charge in [0.2, 0.25) is 0 Å². The van der Waals surface area contributed by atoms with E-state index in [0.717, 1.165) is 17.7 Å². The van der Waals surface area contributed by atoms with Crippen molar-refractivity contribution in [3.8, 4) is 0 Å². The molecule has 0 aliphatic rings. The van der Waals surface area contributed by atoms with Gasteiger partial charge in [-0.1, -0.05) is 39.8 Å². The summed E-state index contributed by atoms with van der Waals surface area (Å²) in [6.45, 7) is 11.3. The van der Waals surface area contributed by atoms with Crippen molar-refractivity contribution >= 4 is 5.78 Å². The lowest BCUT2D eigenvalue weighted by Gasteiger charge is -2.22. The van der Waals surface area contributed by atoms with Gasteiger partial charge in [-0.05, 0) is 43.6 Å². The molecular formula is C17H27NO. The Balaban J connectivity index is 3.09. The summed E-state index contributed by atoms with van der Waals surface area (Å²) in [6.07, 6.45) is 0. The maximum Gasteiger partial charge on any atom is 0.167 e. The number of hydrogen-bond donors (Lipinski definition) is 0. The Morgan fingerprint density at radius 3 is 2.32 bits per heavy atom. The largest absolute Gasteiger partial charge is 0.309 e. The van der Waals surface area contributed by atoms with Crippen LogP contribution in [0.25, 0.3) is 0 Å². The van der Waals surface area contributed by atoms with Crippen LogP contribution in [0, 0.1) is 12.8 Å². The lowest BCUT2D eigenvalue weighted by molar-refractivity contribution is 0.0909. The molecule has 0 aliphatic heterocycles. The van der Waals surface area contributed by atoms with E-state index in [0.29, 0.717) is 0 Å². The molecule has 106 valence electrons. The van der Waals surface area contributed by atoms with Crippen LogP contribution in [0.5, 0.6) is 0 Å². The van der Waals surface area contributed by atoms with Gasteiger partial charge in [0.15, 0.2) is 5.78 Å². The summed E-state index contributed by atoms with van der Waals surface area (Å²) in [4.78, 5) is 14.6. The molecule has 1 rings (SSSR count). The number of rotatable bonds is 4. The molecule has 2 heteroatoms. The summed E-state index contributed by atoms with van der Waals surface area (Å²) < 4.78 is 0. The fourth-order valence-electron chi connectivity index (χ4n) is 2.25.